The van der Waals surface area contributed by atoms with E-state index in [2.05, 4.69) is 80.1 Å². The summed E-state index contributed by atoms with van der Waals surface area (Å²) in [6, 6.07) is 16.3. The van der Waals surface area contributed by atoms with Gasteiger partial charge in [0.15, 0.2) is 0 Å². The fourth-order valence-electron chi connectivity index (χ4n) is 4.14. The third-order valence-electron chi connectivity index (χ3n) is 6.10. The number of rotatable bonds is 9. The van der Waals surface area contributed by atoms with Crippen molar-refractivity contribution in [1.82, 2.24) is 4.98 Å². The Hall–Kier alpha value is -4.36. The SMILES string of the molecule is C#Cc1ccc(CCC)cc1.C=C/C=C(\C)c1cc(C(=C(C)C)c2ccc(NC=O)c(NC)c2)c(C)cn1.CC. The molecule has 4 heteroatoms. The molecule has 0 atom stereocenters. The molecule has 4 nitrogen and oxygen atoms in total. The van der Waals surface area contributed by atoms with E-state index in [4.69, 9.17) is 6.42 Å². The van der Waals surface area contributed by atoms with E-state index in [-0.39, 0.29) is 0 Å². The number of nitrogens with one attached hydrogen (secondary N) is 2. The number of aromatic nitrogens is 1. The average Bonchev–Trinajstić information content (AvgIpc) is 2.97. The zero-order valence-corrected chi connectivity index (χ0v) is 25.5. The van der Waals surface area contributed by atoms with Crippen molar-refractivity contribution in [3.8, 4) is 12.3 Å². The molecule has 210 valence electrons. The monoisotopic (exact) mass is 535 g/mol. The Morgan fingerprint density at radius 2 is 1.73 bits per heavy atom. The number of anilines is 2. The number of benzene rings is 2. The predicted octanol–water partition coefficient (Wildman–Crippen LogP) is 9.08. The third-order valence-corrected chi connectivity index (χ3v) is 6.10. The summed E-state index contributed by atoms with van der Waals surface area (Å²) in [6.45, 7) is 18.3. The van der Waals surface area contributed by atoms with Gasteiger partial charge in [-0.2, -0.15) is 0 Å². The van der Waals surface area contributed by atoms with Crippen LogP contribution in [0.2, 0.25) is 0 Å². The zero-order chi connectivity index (χ0) is 30.1. The maximum absolute atomic E-state index is 10.8. The summed E-state index contributed by atoms with van der Waals surface area (Å²) in [4.78, 5) is 15.4. The molecule has 1 amide bonds. The van der Waals surface area contributed by atoms with Crippen LogP contribution in [0, 0.1) is 19.3 Å². The summed E-state index contributed by atoms with van der Waals surface area (Å²) in [6.07, 6.45) is 13.9. The molecule has 0 spiro atoms. The number of carbonyl (C=O) groups excluding carboxylic acids is 1. The molecule has 1 aromatic heterocycles. The molecule has 3 aromatic rings. The predicted molar refractivity (Wildman–Crippen MR) is 176 cm³/mol. The Kier molecular flexibility index (Phi) is 15.2. The largest absolute Gasteiger partial charge is 0.386 e. The van der Waals surface area contributed by atoms with Gasteiger partial charge in [-0.25, -0.2) is 0 Å². The smallest absolute Gasteiger partial charge is 0.211 e. The quantitative estimate of drug-likeness (QED) is 0.163. The lowest BCUT2D eigenvalue weighted by Gasteiger charge is -2.17. The van der Waals surface area contributed by atoms with Gasteiger partial charge in [-0.05, 0) is 97.8 Å². The van der Waals surface area contributed by atoms with Crippen LogP contribution in [-0.4, -0.2) is 18.4 Å². The highest BCUT2D eigenvalue weighted by Gasteiger charge is 2.14. The fourth-order valence-corrected chi connectivity index (χ4v) is 4.14. The Bertz CT molecular complexity index is 1350. The number of carbonyl (C=O) groups is 1. The van der Waals surface area contributed by atoms with Crippen LogP contribution >= 0.6 is 0 Å². The molecule has 0 unspecified atom stereocenters. The second-order valence-corrected chi connectivity index (χ2v) is 9.21. The van der Waals surface area contributed by atoms with E-state index in [1.54, 1.807) is 6.08 Å². The van der Waals surface area contributed by atoms with E-state index in [9.17, 15) is 4.79 Å². The van der Waals surface area contributed by atoms with Gasteiger partial charge in [-0.3, -0.25) is 9.78 Å². The first-order chi connectivity index (χ1) is 19.3. The first-order valence-electron chi connectivity index (χ1n) is 13.8. The Labute approximate surface area is 242 Å². The minimum Gasteiger partial charge on any atom is -0.386 e. The van der Waals surface area contributed by atoms with Crippen molar-refractivity contribution in [2.45, 2.75) is 61.3 Å². The van der Waals surface area contributed by atoms with E-state index in [1.165, 1.54) is 17.6 Å². The van der Waals surface area contributed by atoms with Crippen LogP contribution in [0.5, 0.6) is 0 Å². The fraction of sp³-hybridized carbons (Fsp3) is 0.278. The van der Waals surface area contributed by atoms with Gasteiger partial charge < -0.3 is 10.6 Å². The number of allylic oxidation sites excluding steroid dienone is 4. The lowest BCUT2D eigenvalue weighted by atomic mass is 9.90. The van der Waals surface area contributed by atoms with Crippen LogP contribution in [0.4, 0.5) is 11.4 Å². The van der Waals surface area contributed by atoms with Crippen LogP contribution in [0.3, 0.4) is 0 Å². The van der Waals surface area contributed by atoms with Crippen LogP contribution < -0.4 is 10.6 Å². The normalized spacial score (nSPS) is 10.0. The van der Waals surface area contributed by atoms with Crippen molar-refractivity contribution in [3.05, 3.63) is 113 Å². The first kappa shape index (κ1) is 33.7. The third kappa shape index (κ3) is 9.75. The molecule has 0 aliphatic rings. The van der Waals surface area contributed by atoms with Crippen LogP contribution in [0.25, 0.3) is 11.1 Å². The Balaban J connectivity index is 0.000000512. The van der Waals surface area contributed by atoms with Gasteiger partial charge in [0.25, 0.3) is 0 Å². The molecule has 0 saturated carbocycles. The second kappa shape index (κ2) is 18.0. The molecule has 0 bridgehead atoms. The van der Waals surface area contributed by atoms with Crippen molar-refractivity contribution in [1.29, 1.82) is 0 Å². The van der Waals surface area contributed by atoms with Crippen molar-refractivity contribution >= 4 is 28.9 Å². The molecule has 0 fully saturated rings. The Morgan fingerprint density at radius 3 is 2.25 bits per heavy atom. The van der Waals surface area contributed by atoms with Crippen molar-refractivity contribution in [3.63, 3.8) is 0 Å². The van der Waals surface area contributed by atoms with Gasteiger partial charge >= 0.3 is 0 Å². The van der Waals surface area contributed by atoms with E-state index >= 15 is 0 Å². The van der Waals surface area contributed by atoms with Gasteiger partial charge in [-0.1, -0.05) is 75.6 Å². The molecule has 2 N–H and O–H groups in total. The highest BCUT2D eigenvalue weighted by Crippen LogP contribution is 2.34. The average molecular weight is 536 g/mol. The topological polar surface area (TPSA) is 54.0 Å². The van der Waals surface area contributed by atoms with Gasteiger partial charge in [0.05, 0.1) is 17.1 Å². The number of nitrogens with zero attached hydrogens (tertiary/aromatic N) is 1. The molecule has 3 rings (SSSR count). The molecule has 0 aliphatic carbocycles. The van der Waals surface area contributed by atoms with Crippen LogP contribution in [-0.2, 0) is 11.2 Å². The number of hydrogen-bond acceptors (Lipinski definition) is 3. The number of pyridine rings is 1. The summed E-state index contributed by atoms with van der Waals surface area (Å²) in [5.74, 6) is 2.60. The summed E-state index contributed by atoms with van der Waals surface area (Å²) in [7, 11) is 1.84. The van der Waals surface area contributed by atoms with E-state index < -0.39 is 0 Å². The van der Waals surface area contributed by atoms with Gasteiger partial charge in [0.2, 0.25) is 6.41 Å². The van der Waals surface area contributed by atoms with Crippen molar-refractivity contribution in [2.24, 2.45) is 0 Å². The minimum absolute atomic E-state index is 0.686. The standard InChI is InChI=1S/C23H27N3O.C11H12.C2H6/c1-7-8-16(4)21-12-19(17(5)13-25-21)23(15(2)3)18-9-10-20(26-14-27)22(11-18)24-6;1-3-5-11-8-6-10(4-2)7-9-11;1-2/h7-14,24H,1H2,2-6H3,(H,26,27);2,6-9H,3,5H2,1H3;1-2H3/b16-8+;;. The lowest BCUT2D eigenvalue weighted by molar-refractivity contribution is -0.105. The van der Waals surface area contributed by atoms with E-state index in [0.717, 1.165) is 56.9 Å². The first-order valence-corrected chi connectivity index (χ1v) is 13.8. The molecular weight excluding hydrogens is 490 g/mol. The molecule has 1 heterocycles. The maximum atomic E-state index is 10.8. The summed E-state index contributed by atoms with van der Waals surface area (Å²) in [5.41, 5.74) is 11.7. The second-order valence-electron chi connectivity index (χ2n) is 9.21. The number of terminal acetylenes is 1. The molecule has 0 saturated heterocycles. The van der Waals surface area contributed by atoms with Gasteiger partial charge in [0, 0.05) is 18.8 Å². The highest BCUT2D eigenvalue weighted by molar-refractivity contribution is 5.89. The Morgan fingerprint density at radius 1 is 1.05 bits per heavy atom. The number of aryl methyl sites for hydroxylation is 2. The number of amides is 1. The van der Waals surface area contributed by atoms with E-state index in [0.29, 0.717) is 6.41 Å². The molecular formula is C36H45N3O. The summed E-state index contributed by atoms with van der Waals surface area (Å²) >= 11 is 0. The molecule has 2 aromatic carbocycles. The van der Waals surface area contributed by atoms with Gasteiger partial charge in [0.1, 0.15) is 0 Å². The zero-order valence-electron chi connectivity index (χ0n) is 25.5. The number of hydrogen-bond donors (Lipinski definition) is 2. The summed E-state index contributed by atoms with van der Waals surface area (Å²) < 4.78 is 0. The maximum Gasteiger partial charge on any atom is 0.211 e. The van der Waals surface area contributed by atoms with Crippen LogP contribution in [0.1, 0.15) is 81.5 Å². The summed E-state index contributed by atoms with van der Waals surface area (Å²) in [5, 5.41) is 5.88. The lowest BCUT2D eigenvalue weighted by Crippen LogP contribution is -2.02. The van der Waals surface area contributed by atoms with Gasteiger partial charge in [-0.15, -0.1) is 6.42 Å². The minimum atomic E-state index is 0.686. The van der Waals surface area contributed by atoms with Crippen LogP contribution in [0.15, 0.2) is 79.0 Å². The molecule has 0 aliphatic heterocycles. The van der Waals surface area contributed by atoms with Crippen molar-refractivity contribution in [2.75, 3.05) is 17.7 Å². The van der Waals surface area contributed by atoms with E-state index in [1.807, 2.05) is 64.4 Å². The highest BCUT2D eigenvalue weighted by atomic mass is 16.1. The molecule has 40 heavy (non-hydrogen) atoms. The molecule has 0 radical (unpaired) electrons. The van der Waals surface area contributed by atoms with Crippen molar-refractivity contribution < 1.29 is 4.79 Å².